The van der Waals surface area contributed by atoms with Crippen molar-refractivity contribution in [3.63, 3.8) is 0 Å². The van der Waals surface area contributed by atoms with Crippen molar-refractivity contribution in [1.29, 1.82) is 0 Å². The molecule has 0 N–H and O–H groups in total. The highest BCUT2D eigenvalue weighted by Crippen LogP contribution is 2.30. The maximum atomic E-state index is 2.84. The van der Waals surface area contributed by atoms with Gasteiger partial charge in [-0.05, 0) is 13.8 Å². The molecule has 1 rings (SSSR count). The van der Waals surface area contributed by atoms with Gasteiger partial charge in [-0.3, -0.25) is 4.25 Å². The van der Waals surface area contributed by atoms with E-state index in [1.54, 1.807) is 0 Å². The van der Waals surface area contributed by atoms with E-state index >= 15 is 0 Å². The van der Waals surface area contributed by atoms with Crippen molar-refractivity contribution in [1.82, 2.24) is 4.25 Å². The van der Waals surface area contributed by atoms with Gasteiger partial charge in [0.15, 0.2) is 0 Å². The van der Waals surface area contributed by atoms with Crippen LogP contribution in [0.5, 0.6) is 0 Å². The molecule has 1 unspecified atom stereocenters. The molecule has 0 saturated carbocycles. The van der Waals surface area contributed by atoms with Crippen molar-refractivity contribution in [2.45, 2.75) is 13.8 Å². The van der Waals surface area contributed by atoms with E-state index in [4.69, 9.17) is 0 Å². The van der Waals surface area contributed by atoms with E-state index in [9.17, 15) is 0 Å². The molecule has 1 aromatic carbocycles. The molecule has 0 aliphatic carbocycles. The molecule has 1 nitrogen and oxygen atoms in total. The van der Waals surface area contributed by atoms with Crippen LogP contribution in [0.1, 0.15) is 11.1 Å². The van der Waals surface area contributed by atoms with E-state index < -0.39 is 0 Å². The van der Waals surface area contributed by atoms with E-state index in [2.05, 4.69) is 55.5 Å². The van der Waals surface area contributed by atoms with Gasteiger partial charge in [-0.15, -0.1) is 0 Å². The van der Waals surface area contributed by atoms with E-state index in [0.29, 0.717) is 0 Å². The number of para-hydroxylation sites is 1. The largest absolute Gasteiger partial charge is 0.286 e. The molecule has 12 heavy (non-hydrogen) atoms. The third kappa shape index (κ3) is 1.85. The molecule has 0 heterocycles. The lowest BCUT2D eigenvalue weighted by Gasteiger charge is -2.26. The first-order valence-corrected chi connectivity index (χ1v) is 4.64. The fourth-order valence-corrected chi connectivity index (χ4v) is 2.12. The zero-order valence-corrected chi connectivity index (χ0v) is 9.41. The van der Waals surface area contributed by atoms with Crippen LogP contribution in [0.4, 0.5) is 5.69 Å². The van der Waals surface area contributed by atoms with E-state index in [-0.39, 0.29) is 0 Å². The summed E-state index contributed by atoms with van der Waals surface area (Å²) in [5.74, 6) is 0. The van der Waals surface area contributed by atoms with Gasteiger partial charge in [0.1, 0.15) is 5.69 Å². The predicted octanol–water partition coefficient (Wildman–Crippen LogP) is 2.66. The number of hydrogen-bond acceptors (Lipinski definition) is 0. The van der Waals surface area contributed by atoms with Crippen LogP contribution in [0.15, 0.2) is 18.2 Å². The lowest BCUT2D eigenvalue weighted by atomic mass is 10.1. The van der Waals surface area contributed by atoms with Gasteiger partial charge in [-0.1, -0.05) is 18.2 Å². The van der Waals surface area contributed by atoms with Crippen molar-refractivity contribution in [3.05, 3.63) is 29.3 Å². The number of rotatable bonds is 1. The molecule has 66 valence electrons. The highest BCUT2D eigenvalue weighted by atomic mass is 31.0. The minimum absolute atomic E-state index is 0.818. The Morgan fingerprint density at radius 3 is 1.75 bits per heavy atom. The first-order chi connectivity index (χ1) is 5.43. The fraction of sp³-hybridized carbons (Fsp3) is 0.400. The normalized spacial score (nSPS) is 11.8. The smallest absolute Gasteiger partial charge is 0.139 e. The average Bonchev–Trinajstić information content (AvgIpc) is 1.82. The van der Waals surface area contributed by atoms with Crippen LogP contribution in [-0.4, -0.2) is 14.1 Å². The summed E-state index contributed by atoms with van der Waals surface area (Å²) in [6.07, 6.45) is 0. The third-order valence-corrected chi connectivity index (χ3v) is 2.27. The minimum atomic E-state index is 0.818. The summed E-state index contributed by atoms with van der Waals surface area (Å²) >= 11 is 0. The van der Waals surface area contributed by atoms with Crippen LogP contribution < -0.4 is 4.25 Å². The molecule has 1 aromatic rings. The Morgan fingerprint density at radius 2 is 1.50 bits per heavy atom. The third-order valence-electron chi connectivity index (χ3n) is 2.02. The Bertz CT molecular complexity index is 266. The molecule has 0 bridgehead atoms. The Morgan fingerprint density at radius 1 is 1.08 bits per heavy atom. The van der Waals surface area contributed by atoms with Crippen LogP contribution in [0.25, 0.3) is 0 Å². The Balaban J connectivity index is 3.31. The molecule has 0 aliphatic heterocycles. The predicted molar refractivity (Wildman–Crippen MR) is 59.3 cm³/mol. The minimum Gasteiger partial charge on any atom is -0.286 e. The van der Waals surface area contributed by atoms with Crippen LogP contribution in [-0.2, 0) is 0 Å². The zero-order chi connectivity index (χ0) is 9.35. The summed E-state index contributed by atoms with van der Waals surface area (Å²) in [7, 11) is 7.17. The lowest BCUT2D eigenvalue weighted by molar-refractivity contribution is 0.657. The van der Waals surface area contributed by atoms with Gasteiger partial charge in [0.2, 0.25) is 0 Å². The summed E-state index contributed by atoms with van der Waals surface area (Å²) in [6, 6.07) is 6.42. The molecule has 1 atom stereocenters. The molecule has 0 radical (unpaired) electrons. The average molecular weight is 182 g/mol. The maximum absolute atomic E-state index is 2.84. The monoisotopic (exact) mass is 182 g/mol. The van der Waals surface area contributed by atoms with Crippen LogP contribution in [0.2, 0.25) is 0 Å². The van der Waals surface area contributed by atoms with Gasteiger partial charge >= 0.3 is 0 Å². The van der Waals surface area contributed by atoms with Crippen molar-refractivity contribution in [3.8, 4) is 0 Å². The first-order valence-electron chi connectivity index (χ1n) is 4.12. The highest BCUT2D eigenvalue weighted by Gasteiger charge is 2.17. The zero-order valence-electron chi connectivity index (χ0n) is 8.26. The SMILES string of the molecule is Cc1cccc(C)c1[N+](C)(C)P. The number of quaternary nitrogens is 1. The van der Waals surface area contributed by atoms with E-state index in [1.807, 2.05) is 0 Å². The Labute approximate surface area is 77.2 Å². The summed E-state index contributed by atoms with van der Waals surface area (Å²) in [5.41, 5.74) is 4.10. The summed E-state index contributed by atoms with van der Waals surface area (Å²) in [5, 5.41) is 0. The molecule has 2 heteroatoms. The summed E-state index contributed by atoms with van der Waals surface area (Å²) < 4.78 is 0.818. The van der Waals surface area contributed by atoms with Crippen molar-refractivity contribution in [2.24, 2.45) is 0 Å². The number of nitrogens with zero attached hydrogens (tertiary/aromatic N) is 1. The van der Waals surface area contributed by atoms with Crippen LogP contribution in [0.3, 0.4) is 0 Å². The van der Waals surface area contributed by atoms with Crippen molar-refractivity contribution in [2.75, 3.05) is 14.1 Å². The van der Waals surface area contributed by atoms with Crippen LogP contribution >= 0.6 is 9.39 Å². The summed E-state index contributed by atoms with van der Waals surface area (Å²) in [4.78, 5) is 0. The molecule has 0 spiro atoms. The molecular formula is C10H17NP+. The van der Waals surface area contributed by atoms with Gasteiger partial charge in [0.05, 0.1) is 23.5 Å². The van der Waals surface area contributed by atoms with Gasteiger partial charge in [-0.25, -0.2) is 0 Å². The second kappa shape index (κ2) is 3.16. The molecule has 0 amide bonds. The van der Waals surface area contributed by atoms with Gasteiger partial charge in [0, 0.05) is 11.1 Å². The Hall–Kier alpha value is -0.390. The standard InChI is InChI=1S/C10H17NP/c1-8-6-5-7-9(2)10(8)11(3,4)12/h5-7H,12H2,1-4H3/q+1. The quantitative estimate of drug-likeness (QED) is 0.586. The maximum Gasteiger partial charge on any atom is 0.139 e. The number of aryl methyl sites for hydroxylation is 2. The van der Waals surface area contributed by atoms with Gasteiger partial charge < -0.3 is 0 Å². The van der Waals surface area contributed by atoms with E-state index in [0.717, 1.165) is 4.25 Å². The van der Waals surface area contributed by atoms with Crippen molar-refractivity contribution >= 4 is 15.1 Å². The molecular weight excluding hydrogens is 165 g/mol. The second-order valence-corrected chi connectivity index (χ2v) is 5.07. The molecule has 0 saturated heterocycles. The van der Waals surface area contributed by atoms with Gasteiger partial charge in [0.25, 0.3) is 0 Å². The molecule has 0 aromatic heterocycles. The highest BCUT2D eigenvalue weighted by molar-refractivity contribution is 7.16. The van der Waals surface area contributed by atoms with E-state index in [1.165, 1.54) is 16.8 Å². The Kier molecular flexibility index (Phi) is 2.55. The van der Waals surface area contributed by atoms with Crippen molar-refractivity contribution < 1.29 is 0 Å². The molecule has 0 aliphatic rings. The number of hydrogen-bond donors (Lipinski definition) is 0. The second-order valence-electron chi connectivity index (χ2n) is 3.78. The van der Waals surface area contributed by atoms with Crippen LogP contribution in [0, 0.1) is 13.8 Å². The first kappa shape index (κ1) is 9.70. The lowest BCUT2D eigenvalue weighted by Crippen LogP contribution is -2.28. The summed E-state index contributed by atoms with van der Waals surface area (Å²) in [6.45, 7) is 4.32. The topological polar surface area (TPSA) is 0 Å². The van der Waals surface area contributed by atoms with Gasteiger partial charge in [-0.2, -0.15) is 0 Å². The fourth-order valence-electron chi connectivity index (χ4n) is 1.71. The molecule has 0 fully saturated rings. The number of benzene rings is 1.